The van der Waals surface area contributed by atoms with Gasteiger partial charge in [-0.1, -0.05) is 44.4 Å². The molecule has 3 aliphatic carbocycles. The van der Waals surface area contributed by atoms with E-state index in [0.29, 0.717) is 25.2 Å². The molecular formula is C18H26O4. The molecule has 0 heterocycles. The summed E-state index contributed by atoms with van der Waals surface area (Å²) in [6.45, 7) is 1.79. The van der Waals surface area contributed by atoms with Crippen LogP contribution in [-0.4, -0.2) is 38.9 Å². The van der Waals surface area contributed by atoms with E-state index in [-0.39, 0.29) is 17.6 Å². The summed E-state index contributed by atoms with van der Waals surface area (Å²) in [6, 6.07) is 0. The number of rotatable bonds is 2. The second kappa shape index (κ2) is 5.96. The van der Waals surface area contributed by atoms with Crippen LogP contribution in [0.3, 0.4) is 0 Å². The molecule has 0 aliphatic heterocycles. The number of carbonyl (C=O) groups is 1. The number of aliphatic hydroxyl groups is 3. The third-order valence-electron chi connectivity index (χ3n) is 6.00. The Bertz CT molecular complexity index is 499. The molecule has 3 rings (SSSR count). The topological polar surface area (TPSA) is 77.8 Å². The van der Waals surface area contributed by atoms with Crippen molar-refractivity contribution in [1.82, 2.24) is 0 Å². The van der Waals surface area contributed by atoms with E-state index >= 15 is 0 Å². The minimum absolute atomic E-state index is 0.122. The molecule has 0 aromatic rings. The van der Waals surface area contributed by atoms with Crippen molar-refractivity contribution in [3.63, 3.8) is 0 Å². The zero-order chi connectivity index (χ0) is 15.9. The zero-order valence-corrected chi connectivity index (χ0v) is 13.2. The number of Topliss-reactive ketones (excluding diaryl/α,β-unsaturated/α-hetero) is 1. The molecule has 3 N–H and O–H groups in total. The lowest BCUT2D eigenvalue weighted by Gasteiger charge is -2.55. The van der Waals surface area contributed by atoms with Crippen LogP contribution in [0, 0.1) is 35.5 Å². The van der Waals surface area contributed by atoms with Crippen molar-refractivity contribution >= 4 is 5.78 Å². The molecule has 0 saturated heterocycles. The third kappa shape index (κ3) is 2.60. The van der Waals surface area contributed by atoms with Crippen molar-refractivity contribution in [2.24, 2.45) is 23.7 Å². The van der Waals surface area contributed by atoms with Crippen molar-refractivity contribution in [3.8, 4) is 11.8 Å². The quantitative estimate of drug-likeness (QED) is 0.671. The lowest BCUT2D eigenvalue weighted by Crippen LogP contribution is -2.68. The maximum absolute atomic E-state index is 11.9. The van der Waals surface area contributed by atoms with E-state index in [0.717, 1.165) is 0 Å². The Labute approximate surface area is 131 Å². The van der Waals surface area contributed by atoms with Gasteiger partial charge in [0.05, 0.1) is 12.0 Å². The van der Waals surface area contributed by atoms with Gasteiger partial charge in [-0.05, 0) is 25.2 Å². The second-order valence-corrected chi connectivity index (χ2v) is 7.43. The number of carbonyl (C=O) groups excluding carboxylic acids is 1. The van der Waals surface area contributed by atoms with E-state index in [1.54, 1.807) is 6.92 Å². The maximum Gasteiger partial charge on any atom is 0.167 e. The molecule has 0 aromatic carbocycles. The largest absolute Gasteiger partial charge is 0.392 e. The Morgan fingerprint density at radius 1 is 1.32 bits per heavy atom. The van der Waals surface area contributed by atoms with Gasteiger partial charge in [-0.15, -0.1) is 0 Å². The van der Waals surface area contributed by atoms with Crippen LogP contribution in [0.5, 0.6) is 0 Å². The first-order valence-electron chi connectivity index (χ1n) is 8.57. The highest BCUT2D eigenvalue weighted by atomic mass is 16.3. The van der Waals surface area contributed by atoms with Gasteiger partial charge in [0, 0.05) is 11.8 Å². The van der Waals surface area contributed by atoms with E-state index in [4.69, 9.17) is 0 Å². The van der Waals surface area contributed by atoms with Crippen LogP contribution in [0.4, 0.5) is 0 Å². The number of hydrogen-bond acceptors (Lipinski definition) is 4. The highest BCUT2D eigenvalue weighted by Gasteiger charge is 2.64. The highest BCUT2D eigenvalue weighted by molar-refractivity contribution is 5.96. The van der Waals surface area contributed by atoms with Crippen LogP contribution in [0.1, 0.15) is 51.9 Å². The summed E-state index contributed by atoms with van der Waals surface area (Å²) >= 11 is 0. The van der Waals surface area contributed by atoms with Crippen molar-refractivity contribution in [1.29, 1.82) is 0 Å². The van der Waals surface area contributed by atoms with Gasteiger partial charge in [-0.3, -0.25) is 4.79 Å². The molecule has 6 atom stereocenters. The fraction of sp³-hybridized carbons (Fsp3) is 0.833. The minimum Gasteiger partial charge on any atom is -0.392 e. The highest BCUT2D eigenvalue weighted by Crippen LogP contribution is 2.52. The monoisotopic (exact) mass is 306 g/mol. The van der Waals surface area contributed by atoms with Crippen LogP contribution >= 0.6 is 0 Å². The Hall–Kier alpha value is -0.890. The van der Waals surface area contributed by atoms with E-state index in [9.17, 15) is 20.1 Å². The molecule has 0 spiro atoms. The first kappa shape index (κ1) is 16.0. The van der Waals surface area contributed by atoms with Crippen molar-refractivity contribution in [2.75, 3.05) is 0 Å². The summed E-state index contributed by atoms with van der Waals surface area (Å²) in [4.78, 5) is 11.9. The Morgan fingerprint density at radius 3 is 2.68 bits per heavy atom. The SMILES string of the molecule is CC1C(=O)[C@@]2(O)CC[C@@H](O)[C@H](C#C[C@@H](O)CC3CCCC3)[C@@H]12. The van der Waals surface area contributed by atoms with Crippen LogP contribution in [0.15, 0.2) is 0 Å². The van der Waals surface area contributed by atoms with E-state index < -0.39 is 23.7 Å². The molecule has 0 aromatic heterocycles. The van der Waals surface area contributed by atoms with Crippen molar-refractivity contribution in [2.45, 2.75) is 69.7 Å². The normalized spacial score (nSPS) is 43.0. The summed E-state index contributed by atoms with van der Waals surface area (Å²) in [5.74, 6) is 5.33. The summed E-state index contributed by atoms with van der Waals surface area (Å²) < 4.78 is 0. The molecule has 3 saturated carbocycles. The molecule has 0 amide bonds. The second-order valence-electron chi connectivity index (χ2n) is 7.43. The van der Waals surface area contributed by atoms with Gasteiger partial charge in [0.15, 0.2) is 5.78 Å². The fourth-order valence-corrected chi connectivity index (χ4v) is 4.72. The Morgan fingerprint density at radius 2 is 2.00 bits per heavy atom. The third-order valence-corrected chi connectivity index (χ3v) is 6.00. The van der Waals surface area contributed by atoms with Gasteiger partial charge in [0.2, 0.25) is 0 Å². The Kier molecular flexibility index (Phi) is 4.33. The number of hydrogen-bond donors (Lipinski definition) is 3. The van der Waals surface area contributed by atoms with E-state index in [2.05, 4.69) is 11.8 Å². The Balaban J connectivity index is 1.67. The van der Waals surface area contributed by atoms with Gasteiger partial charge < -0.3 is 15.3 Å². The molecule has 4 heteroatoms. The molecule has 122 valence electrons. The molecule has 0 bridgehead atoms. The van der Waals surface area contributed by atoms with Gasteiger partial charge in [-0.2, -0.15) is 0 Å². The van der Waals surface area contributed by atoms with E-state index in [1.807, 2.05) is 0 Å². The van der Waals surface area contributed by atoms with Crippen molar-refractivity contribution < 1.29 is 20.1 Å². The molecule has 3 aliphatic rings. The summed E-state index contributed by atoms with van der Waals surface area (Å²) in [5, 5.41) is 30.8. The molecule has 0 radical (unpaired) electrons. The smallest absolute Gasteiger partial charge is 0.167 e. The first-order valence-corrected chi connectivity index (χ1v) is 8.57. The predicted molar refractivity (Wildman–Crippen MR) is 81.7 cm³/mol. The molecule has 1 unspecified atom stereocenters. The van der Waals surface area contributed by atoms with Crippen LogP contribution in [0.25, 0.3) is 0 Å². The van der Waals surface area contributed by atoms with Crippen LogP contribution < -0.4 is 0 Å². The number of ketones is 1. The molecule has 22 heavy (non-hydrogen) atoms. The molecule has 4 nitrogen and oxygen atoms in total. The maximum atomic E-state index is 11.9. The summed E-state index contributed by atoms with van der Waals surface area (Å²) in [6.07, 6.45) is 4.93. The van der Waals surface area contributed by atoms with Gasteiger partial charge in [-0.25, -0.2) is 0 Å². The summed E-state index contributed by atoms with van der Waals surface area (Å²) in [5.41, 5.74) is -1.30. The van der Waals surface area contributed by atoms with Crippen LogP contribution in [-0.2, 0) is 4.79 Å². The standard InChI is InChI=1S/C18H26O4/c1-11-16-14(15(20)8-9-18(16,22)17(11)21)7-6-13(19)10-12-4-2-3-5-12/h11-16,19-20,22H,2-5,8-10H2,1H3/t11?,13-,14+,15-,16-,18-/m1/s1. The lowest BCUT2D eigenvalue weighted by atomic mass is 9.50. The fourth-order valence-electron chi connectivity index (χ4n) is 4.72. The van der Waals surface area contributed by atoms with Gasteiger partial charge in [0.25, 0.3) is 0 Å². The first-order chi connectivity index (χ1) is 10.4. The van der Waals surface area contributed by atoms with Gasteiger partial charge >= 0.3 is 0 Å². The number of aliphatic hydroxyl groups excluding tert-OH is 2. The molecular weight excluding hydrogens is 280 g/mol. The van der Waals surface area contributed by atoms with Crippen molar-refractivity contribution in [3.05, 3.63) is 0 Å². The summed E-state index contributed by atoms with van der Waals surface area (Å²) in [7, 11) is 0. The molecule has 3 fully saturated rings. The minimum atomic E-state index is -1.30. The average molecular weight is 306 g/mol. The van der Waals surface area contributed by atoms with E-state index in [1.165, 1.54) is 25.7 Å². The average Bonchev–Trinajstić information content (AvgIpc) is 3.00. The van der Waals surface area contributed by atoms with Crippen LogP contribution in [0.2, 0.25) is 0 Å². The van der Waals surface area contributed by atoms with Gasteiger partial charge in [0.1, 0.15) is 11.7 Å². The number of fused-ring (bicyclic) bond motifs is 1. The zero-order valence-electron chi connectivity index (χ0n) is 13.2. The lowest BCUT2D eigenvalue weighted by molar-refractivity contribution is -0.196. The predicted octanol–water partition coefficient (Wildman–Crippen LogP) is 1.27.